The molecular formula is C24H33Cl2N3O2. The lowest BCUT2D eigenvalue weighted by Gasteiger charge is -2.39. The molecule has 0 spiro atoms. The smallest absolute Gasteiger partial charge is 0.229 e. The summed E-state index contributed by atoms with van der Waals surface area (Å²) < 4.78 is 5.77. The van der Waals surface area contributed by atoms with Crippen LogP contribution in [0.25, 0.3) is 0 Å². The number of carbonyl (C=O) groups excluding carboxylic acids is 1. The Morgan fingerprint density at radius 1 is 1.16 bits per heavy atom. The summed E-state index contributed by atoms with van der Waals surface area (Å²) in [6.07, 6.45) is 3.86. The van der Waals surface area contributed by atoms with Crippen LogP contribution in [0.1, 0.15) is 42.5 Å². The first kappa shape index (κ1) is 25.5. The molecule has 1 fully saturated rings. The van der Waals surface area contributed by atoms with E-state index < -0.39 is 0 Å². The van der Waals surface area contributed by atoms with Crippen molar-refractivity contribution < 1.29 is 9.53 Å². The number of ether oxygens (including phenoxy) is 1. The van der Waals surface area contributed by atoms with Gasteiger partial charge in [0, 0.05) is 25.2 Å². The Morgan fingerprint density at radius 3 is 2.55 bits per heavy atom. The standard InChI is InChI=1S/C24H31N3O2.2ClH/c1-16-12-19-15-22(29-3)20(14-21(19)26(2)24(16)28)13-18-10-7-11-27(25)23(18)17-8-5-4-6-9-17;;/h4-6,8-9,14-16,18,23H,7,10-13,25H2,1-3H3;2*1H/t16?,18-,23+;;/m0../s1. The average Bonchev–Trinajstić information content (AvgIpc) is 2.73. The van der Waals surface area contributed by atoms with Crippen molar-refractivity contribution in [1.29, 1.82) is 0 Å². The summed E-state index contributed by atoms with van der Waals surface area (Å²) in [6, 6.07) is 15.0. The average molecular weight is 466 g/mol. The van der Waals surface area contributed by atoms with Gasteiger partial charge in [0.15, 0.2) is 0 Å². The van der Waals surface area contributed by atoms with Crippen LogP contribution in [0.15, 0.2) is 42.5 Å². The van der Waals surface area contributed by atoms with E-state index in [0.29, 0.717) is 5.92 Å². The Hall–Kier alpha value is -1.79. The normalized spacial score (nSPS) is 23.4. The molecular weight excluding hydrogens is 433 g/mol. The number of nitrogens with zero attached hydrogens (tertiary/aromatic N) is 2. The SMILES string of the molecule is COc1cc2c(cc1C[C@@H]1CCCN(N)[C@@H]1c1ccccc1)N(C)C(=O)C(C)C2.Cl.Cl. The minimum atomic E-state index is 0. The maximum Gasteiger partial charge on any atom is 0.229 e. The Morgan fingerprint density at radius 2 is 1.87 bits per heavy atom. The Labute approximate surface area is 197 Å². The van der Waals surface area contributed by atoms with E-state index in [0.717, 1.165) is 49.2 Å². The van der Waals surface area contributed by atoms with Crippen LogP contribution in [0, 0.1) is 11.8 Å². The summed E-state index contributed by atoms with van der Waals surface area (Å²) in [7, 11) is 3.61. The van der Waals surface area contributed by atoms with Gasteiger partial charge >= 0.3 is 0 Å². The minimum Gasteiger partial charge on any atom is -0.496 e. The van der Waals surface area contributed by atoms with Crippen LogP contribution < -0.4 is 15.5 Å². The maximum absolute atomic E-state index is 12.5. The largest absolute Gasteiger partial charge is 0.496 e. The number of benzene rings is 2. The molecule has 1 unspecified atom stereocenters. The van der Waals surface area contributed by atoms with Gasteiger partial charge in [-0.3, -0.25) is 10.6 Å². The highest BCUT2D eigenvalue weighted by Crippen LogP contribution is 2.40. The number of piperidine rings is 1. The second-order valence-electron chi connectivity index (χ2n) is 8.49. The van der Waals surface area contributed by atoms with Crippen LogP contribution in [0.3, 0.4) is 0 Å². The molecule has 0 aliphatic carbocycles. The molecule has 2 aromatic carbocycles. The number of carbonyl (C=O) groups is 1. The minimum absolute atomic E-state index is 0. The van der Waals surface area contributed by atoms with Gasteiger partial charge in [0.05, 0.1) is 13.2 Å². The molecule has 2 aliphatic rings. The Bertz CT molecular complexity index is 894. The van der Waals surface area contributed by atoms with Gasteiger partial charge in [0.25, 0.3) is 0 Å². The Kier molecular flexibility index (Phi) is 8.78. The quantitative estimate of drug-likeness (QED) is 0.672. The molecule has 2 aromatic rings. The van der Waals surface area contributed by atoms with Gasteiger partial charge in [-0.25, -0.2) is 5.01 Å². The van der Waals surface area contributed by atoms with Gasteiger partial charge in [-0.2, -0.15) is 0 Å². The van der Waals surface area contributed by atoms with E-state index in [1.54, 1.807) is 12.0 Å². The molecule has 2 N–H and O–H groups in total. The van der Waals surface area contributed by atoms with Crippen molar-refractivity contribution in [1.82, 2.24) is 5.01 Å². The molecule has 3 atom stereocenters. The fourth-order valence-electron chi connectivity index (χ4n) is 5.06. The third-order valence-corrected chi connectivity index (χ3v) is 6.54. The molecule has 5 nitrogen and oxygen atoms in total. The van der Waals surface area contributed by atoms with E-state index in [1.165, 1.54) is 11.1 Å². The Balaban J connectivity index is 0.00000171. The molecule has 2 aliphatic heterocycles. The lowest BCUT2D eigenvalue weighted by molar-refractivity contribution is -0.121. The molecule has 0 bridgehead atoms. The molecule has 0 saturated carbocycles. The summed E-state index contributed by atoms with van der Waals surface area (Å²) in [4.78, 5) is 14.3. The maximum atomic E-state index is 12.5. The second kappa shape index (κ2) is 10.7. The number of hydrogen-bond donors (Lipinski definition) is 1. The van der Waals surface area contributed by atoms with Crippen LogP contribution in [-0.2, 0) is 17.6 Å². The first-order valence-corrected chi connectivity index (χ1v) is 10.5. The van der Waals surface area contributed by atoms with Crippen LogP contribution in [0.5, 0.6) is 5.75 Å². The van der Waals surface area contributed by atoms with Crippen molar-refractivity contribution in [3.8, 4) is 5.75 Å². The molecule has 7 heteroatoms. The number of halogens is 2. The van der Waals surface area contributed by atoms with E-state index in [-0.39, 0.29) is 42.7 Å². The number of methoxy groups -OCH3 is 1. The predicted octanol–water partition coefficient (Wildman–Crippen LogP) is 4.56. The highest BCUT2D eigenvalue weighted by atomic mass is 35.5. The molecule has 0 radical (unpaired) electrons. The number of anilines is 1. The van der Waals surface area contributed by atoms with Crippen LogP contribution >= 0.6 is 24.8 Å². The van der Waals surface area contributed by atoms with Crippen molar-refractivity contribution in [2.75, 3.05) is 25.6 Å². The van der Waals surface area contributed by atoms with Crippen LogP contribution in [0.4, 0.5) is 5.69 Å². The fourth-order valence-corrected chi connectivity index (χ4v) is 5.06. The molecule has 1 amide bonds. The molecule has 1 saturated heterocycles. The van der Waals surface area contributed by atoms with Gasteiger partial charge in [0.2, 0.25) is 5.91 Å². The van der Waals surface area contributed by atoms with Gasteiger partial charge in [0.1, 0.15) is 5.75 Å². The van der Waals surface area contributed by atoms with Crippen molar-refractivity contribution in [2.24, 2.45) is 17.7 Å². The summed E-state index contributed by atoms with van der Waals surface area (Å²) in [5.41, 5.74) is 4.61. The molecule has 2 heterocycles. The first-order valence-electron chi connectivity index (χ1n) is 10.5. The van der Waals surface area contributed by atoms with Gasteiger partial charge in [-0.1, -0.05) is 37.3 Å². The predicted molar refractivity (Wildman–Crippen MR) is 130 cm³/mol. The van der Waals surface area contributed by atoms with Crippen molar-refractivity contribution in [3.05, 3.63) is 59.2 Å². The van der Waals surface area contributed by atoms with E-state index >= 15 is 0 Å². The van der Waals surface area contributed by atoms with E-state index in [1.807, 2.05) is 25.0 Å². The van der Waals surface area contributed by atoms with Crippen molar-refractivity contribution in [2.45, 2.75) is 38.6 Å². The van der Waals surface area contributed by atoms with Gasteiger partial charge in [-0.05, 0) is 60.4 Å². The number of rotatable bonds is 4. The summed E-state index contributed by atoms with van der Waals surface area (Å²) in [5, 5.41) is 1.99. The van der Waals surface area contributed by atoms with Crippen molar-refractivity contribution in [3.63, 3.8) is 0 Å². The van der Waals surface area contributed by atoms with Crippen LogP contribution in [-0.4, -0.2) is 31.6 Å². The molecule has 31 heavy (non-hydrogen) atoms. The highest BCUT2D eigenvalue weighted by Gasteiger charge is 2.33. The monoisotopic (exact) mass is 465 g/mol. The molecule has 0 aromatic heterocycles. The fraction of sp³-hybridized carbons (Fsp3) is 0.458. The zero-order chi connectivity index (χ0) is 20.5. The number of hydrazine groups is 1. The number of nitrogens with two attached hydrogens (primary N) is 1. The number of fused-ring (bicyclic) bond motifs is 1. The van der Waals surface area contributed by atoms with Crippen molar-refractivity contribution >= 4 is 36.4 Å². The lowest BCUT2D eigenvalue weighted by atomic mass is 9.80. The number of amides is 1. The third-order valence-electron chi connectivity index (χ3n) is 6.54. The van der Waals surface area contributed by atoms with E-state index in [2.05, 4.69) is 36.4 Å². The second-order valence-corrected chi connectivity index (χ2v) is 8.49. The molecule has 4 rings (SSSR count). The van der Waals surface area contributed by atoms with Gasteiger partial charge in [-0.15, -0.1) is 24.8 Å². The molecule has 170 valence electrons. The topological polar surface area (TPSA) is 58.8 Å². The zero-order valence-electron chi connectivity index (χ0n) is 18.4. The summed E-state index contributed by atoms with van der Waals surface area (Å²) >= 11 is 0. The summed E-state index contributed by atoms with van der Waals surface area (Å²) in [5.74, 6) is 7.94. The van der Waals surface area contributed by atoms with E-state index in [4.69, 9.17) is 10.6 Å². The van der Waals surface area contributed by atoms with Crippen LogP contribution in [0.2, 0.25) is 0 Å². The van der Waals surface area contributed by atoms with Gasteiger partial charge < -0.3 is 9.64 Å². The summed E-state index contributed by atoms with van der Waals surface area (Å²) in [6.45, 7) is 2.90. The lowest BCUT2D eigenvalue weighted by Crippen LogP contribution is -2.44. The highest BCUT2D eigenvalue weighted by molar-refractivity contribution is 5.97. The third kappa shape index (κ3) is 5.01. The zero-order valence-corrected chi connectivity index (χ0v) is 20.0. The van der Waals surface area contributed by atoms with E-state index in [9.17, 15) is 4.79 Å². The number of hydrogen-bond acceptors (Lipinski definition) is 4. The first-order chi connectivity index (χ1) is 14.0.